The monoisotopic (exact) mass is 124 g/mol. The average Bonchev–Trinajstić information content (AvgIpc) is 2.68. The first-order chi connectivity index (χ1) is 4.30. The molecule has 0 heteroatoms. The zero-order chi connectivity index (χ0) is 6.69. The van der Waals surface area contributed by atoms with Crippen molar-refractivity contribution in [2.75, 3.05) is 0 Å². The Labute approximate surface area is 58.0 Å². The van der Waals surface area contributed by atoms with Crippen molar-refractivity contribution in [1.82, 2.24) is 0 Å². The Kier molecular flexibility index (Phi) is 2.32. The molecule has 2 aliphatic carbocycles. The van der Waals surface area contributed by atoms with Gasteiger partial charge in [0.05, 0.1) is 0 Å². The van der Waals surface area contributed by atoms with E-state index in [1.165, 1.54) is 37.7 Å². The van der Waals surface area contributed by atoms with E-state index in [-0.39, 0.29) is 0 Å². The lowest BCUT2D eigenvalue weighted by Crippen LogP contribution is -2.08. The third kappa shape index (κ3) is 2.69. The first-order valence-electron chi connectivity index (χ1n) is 3.98. The van der Waals surface area contributed by atoms with Crippen LogP contribution in [0.3, 0.4) is 0 Å². The van der Waals surface area contributed by atoms with E-state index in [1.54, 1.807) is 0 Å². The quantitative estimate of drug-likeness (QED) is 0.435. The zero-order valence-corrected chi connectivity index (χ0v) is 6.32. The molecule has 0 aromatic heterocycles. The SMILES string of the molecule is C1CC1.C=C1CCC1C. The van der Waals surface area contributed by atoms with Gasteiger partial charge in [-0.25, -0.2) is 0 Å². The van der Waals surface area contributed by atoms with Crippen LogP contribution in [0, 0.1) is 5.92 Å². The molecule has 2 fully saturated rings. The molecule has 0 radical (unpaired) electrons. The van der Waals surface area contributed by atoms with E-state index in [1.807, 2.05) is 0 Å². The van der Waals surface area contributed by atoms with Crippen molar-refractivity contribution in [3.63, 3.8) is 0 Å². The van der Waals surface area contributed by atoms with Gasteiger partial charge >= 0.3 is 0 Å². The minimum absolute atomic E-state index is 0.838. The Balaban J connectivity index is 0.000000112. The second-order valence-corrected chi connectivity index (χ2v) is 3.16. The normalized spacial score (nSPS) is 29.9. The van der Waals surface area contributed by atoms with Crippen molar-refractivity contribution >= 4 is 0 Å². The van der Waals surface area contributed by atoms with Crippen molar-refractivity contribution in [2.45, 2.75) is 39.0 Å². The summed E-state index contributed by atoms with van der Waals surface area (Å²) in [6, 6.07) is 0. The molecular weight excluding hydrogens is 108 g/mol. The first kappa shape index (κ1) is 6.85. The van der Waals surface area contributed by atoms with Gasteiger partial charge in [0.2, 0.25) is 0 Å². The summed E-state index contributed by atoms with van der Waals surface area (Å²) < 4.78 is 0. The number of rotatable bonds is 0. The van der Waals surface area contributed by atoms with Gasteiger partial charge in [0.1, 0.15) is 0 Å². The summed E-state index contributed by atoms with van der Waals surface area (Å²) in [5, 5.41) is 0. The summed E-state index contributed by atoms with van der Waals surface area (Å²) in [4.78, 5) is 0. The molecule has 1 atom stereocenters. The van der Waals surface area contributed by atoms with Gasteiger partial charge in [0.25, 0.3) is 0 Å². The molecule has 9 heavy (non-hydrogen) atoms. The van der Waals surface area contributed by atoms with Gasteiger partial charge in [0.15, 0.2) is 0 Å². The molecule has 0 heterocycles. The number of hydrogen-bond donors (Lipinski definition) is 0. The van der Waals surface area contributed by atoms with Crippen LogP contribution >= 0.6 is 0 Å². The smallest absolute Gasteiger partial charge is 0.0231 e. The predicted octanol–water partition coefficient (Wildman–Crippen LogP) is 3.14. The number of allylic oxidation sites excluding steroid dienone is 1. The van der Waals surface area contributed by atoms with Crippen LogP contribution < -0.4 is 0 Å². The van der Waals surface area contributed by atoms with Crippen molar-refractivity contribution in [2.24, 2.45) is 5.92 Å². The summed E-state index contributed by atoms with van der Waals surface area (Å²) >= 11 is 0. The summed E-state index contributed by atoms with van der Waals surface area (Å²) in [6.07, 6.45) is 7.15. The maximum absolute atomic E-state index is 3.84. The van der Waals surface area contributed by atoms with Gasteiger partial charge in [0, 0.05) is 0 Å². The fourth-order valence-corrected chi connectivity index (χ4v) is 0.637. The third-order valence-electron chi connectivity index (χ3n) is 1.95. The van der Waals surface area contributed by atoms with Gasteiger partial charge in [-0.15, -0.1) is 0 Å². The van der Waals surface area contributed by atoms with E-state index in [0.29, 0.717) is 0 Å². The second-order valence-electron chi connectivity index (χ2n) is 3.16. The lowest BCUT2D eigenvalue weighted by atomic mass is 9.82. The van der Waals surface area contributed by atoms with Crippen molar-refractivity contribution < 1.29 is 0 Å². The van der Waals surface area contributed by atoms with E-state index in [0.717, 1.165) is 5.92 Å². The maximum atomic E-state index is 3.84. The van der Waals surface area contributed by atoms with Gasteiger partial charge in [-0.2, -0.15) is 0 Å². The summed E-state index contributed by atoms with van der Waals surface area (Å²) in [6.45, 7) is 6.07. The second kappa shape index (κ2) is 3.05. The van der Waals surface area contributed by atoms with Crippen LogP contribution in [-0.2, 0) is 0 Å². The van der Waals surface area contributed by atoms with Crippen LogP contribution in [0.2, 0.25) is 0 Å². The zero-order valence-electron chi connectivity index (χ0n) is 6.32. The molecule has 0 N–H and O–H groups in total. The molecule has 0 bridgehead atoms. The van der Waals surface area contributed by atoms with Gasteiger partial charge in [-0.1, -0.05) is 38.3 Å². The fraction of sp³-hybridized carbons (Fsp3) is 0.778. The molecule has 52 valence electrons. The van der Waals surface area contributed by atoms with Crippen molar-refractivity contribution in [3.8, 4) is 0 Å². The van der Waals surface area contributed by atoms with Gasteiger partial charge in [-0.3, -0.25) is 0 Å². The van der Waals surface area contributed by atoms with E-state index in [2.05, 4.69) is 13.5 Å². The van der Waals surface area contributed by atoms with Crippen LogP contribution in [0.1, 0.15) is 39.0 Å². The highest BCUT2D eigenvalue weighted by molar-refractivity contribution is 5.07. The van der Waals surface area contributed by atoms with Gasteiger partial charge in [-0.05, 0) is 18.8 Å². The highest BCUT2D eigenvalue weighted by atomic mass is 14.2. The fourth-order valence-electron chi connectivity index (χ4n) is 0.637. The summed E-state index contributed by atoms with van der Waals surface area (Å²) in [5.41, 5.74) is 1.44. The minimum Gasteiger partial charge on any atom is -0.0996 e. The Hall–Kier alpha value is -0.260. The molecular formula is C9H16. The van der Waals surface area contributed by atoms with Crippen LogP contribution in [0.15, 0.2) is 12.2 Å². The highest BCUT2D eigenvalue weighted by Crippen LogP contribution is 2.30. The lowest BCUT2D eigenvalue weighted by Gasteiger charge is -2.23. The predicted molar refractivity (Wildman–Crippen MR) is 41.4 cm³/mol. The molecule has 0 aromatic carbocycles. The van der Waals surface area contributed by atoms with E-state index in [4.69, 9.17) is 0 Å². The Morgan fingerprint density at radius 1 is 1.33 bits per heavy atom. The molecule has 0 spiro atoms. The highest BCUT2D eigenvalue weighted by Gasteiger charge is 2.15. The van der Waals surface area contributed by atoms with Crippen molar-refractivity contribution in [3.05, 3.63) is 12.2 Å². The van der Waals surface area contributed by atoms with Gasteiger partial charge < -0.3 is 0 Å². The molecule has 2 saturated carbocycles. The number of hydrogen-bond acceptors (Lipinski definition) is 0. The van der Waals surface area contributed by atoms with E-state index < -0.39 is 0 Å². The Morgan fingerprint density at radius 2 is 1.78 bits per heavy atom. The summed E-state index contributed by atoms with van der Waals surface area (Å²) in [7, 11) is 0. The maximum Gasteiger partial charge on any atom is -0.0231 e. The summed E-state index contributed by atoms with van der Waals surface area (Å²) in [5.74, 6) is 0.838. The molecule has 0 saturated heterocycles. The Bertz CT molecular complexity index is 97.9. The standard InChI is InChI=1S/C6H10.C3H6/c1-5-3-4-6(5)2;1-2-3-1/h6H,1,3-4H2,2H3;1-3H2. The third-order valence-corrected chi connectivity index (χ3v) is 1.95. The first-order valence-corrected chi connectivity index (χ1v) is 3.98. The minimum atomic E-state index is 0.838. The molecule has 0 aromatic rings. The van der Waals surface area contributed by atoms with Crippen LogP contribution in [0.5, 0.6) is 0 Å². The van der Waals surface area contributed by atoms with Crippen LogP contribution in [0.4, 0.5) is 0 Å². The molecule has 2 rings (SSSR count). The van der Waals surface area contributed by atoms with E-state index in [9.17, 15) is 0 Å². The topological polar surface area (TPSA) is 0 Å². The molecule has 0 amide bonds. The molecule has 2 aliphatic rings. The largest absolute Gasteiger partial charge is 0.0996 e. The molecule has 1 unspecified atom stereocenters. The van der Waals surface area contributed by atoms with Crippen LogP contribution in [0.25, 0.3) is 0 Å². The van der Waals surface area contributed by atoms with Crippen molar-refractivity contribution in [1.29, 1.82) is 0 Å². The van der Waals surface area contributed by atoms with E-state index >= 15 is 0 Å². The molecule has 0 aliphatic heterocycles. The Morgan fingerprint density at radius 3 is 1.78 bits per heavy atom. The van der Waals surface area contributed by atoms with Crippen LogP contribution in [-0.4, -0.2) is 0 Å². The molecule has 0 nitrogen and oxygen atoms in total. The average molecular weight is 124 g/mol. The lowest BCUT2D eigenvalue weighted by molar-refractivity contribution is 0.486.